The summed E-state index contributed by atoms with van der Waals surface area (Å²) >= 11 is 0. The molecule has 6 nitrogen and oxygen atoms in total. The Kier molecular flexibility index (Phi) is 5.16. The van der Waals surface area contributed by atoms with Crippen LogP contribution in [-0.2, 0) is 6.42 Å². The number of rotatable bonds is 6. The molecule has 2 aromatic rings. The minimum atomic E-state index is 0.511. The zero-order valence-electron chi connectivity index (χ0n) is 13.0. The summed E-state index contributed by atoms with van der Waals surface area (Å²) < 4.78 is 5.11. The summed E-state index contributed by atoms with van der Waals surface area (Å²) in [6.45, 7) is 5.03. The van der Waals surface area contributed by atoms with Crippen LogP contribution in [0.1, 0.15) is 23.4 Å². The van der Waals surface area contributed by atoms with Crippen LogP contribution >= 0.6 is 0 Å². The van der Waals surface area contributed by atoms with Crippen molar-refractivity contribution in [3.63, 3.8) is 0 Å². The van der Waals surface area contributed by atoms with Gasteiger partial charge >= 0.3 is 0 Å². The first-order valence-electron chi connectivity index (χ1n) is 7.00. The largest absolute Gasteiger partial charge is 0.481 e. The summed E-state index contributed by atoms with van der Waals surface area (Å²) in [7, 11) is 3.54. The van der Waals surface area contributed by atoms with Gasteiger partial charge in [-0.3, -0.25) is 0 Å². The maximum Gasteiger partial charge on any atom is 0.216 e. The molecule has 112 valence electrons. The molecule has 0 aliphatic carbocycles. The number of nitrogens with zero attached hydrogens (tertiary/aromatic N) is 4. The summed E-state index contributed by atoms with van der Waals surface area (Å²) in [5, 5.41) is 3.16. The molecule has 0 atom stereocenters. The number of aromatic nitrogens is 4. The van der Waals surface area contributed by atoms with Gasteiger partial charge in [0, 0.05) is 17.5 Å². The van der Waals surface area contributed by atoms with E-state index in [4.69, 9.17) is 4.74 Å². The van der Waals surface area contributed by atoms with Crippen molar-refractivity contribution in [2.45, 2.75) is 26.7 Å². The molecule has 0 bridgehead atoms. The third-order valence-electron chi connectivity index (χ3n) is 3.35. The van der Waals surface area contributed by atoms with Gasteiger partial charge in [0.1, 0.15) is 12.0 Å². The van der Waals surface area contributed by atoms with Crippen LogP contribution in [0.5, 0.6) is 5.88 Å². The molecule has 0 amide bonds. The van der Waals surface area contributed by atoms with E-state index < -0.39 is 0 Å². The van der Waals surface area contributed by atoms with Gasteiger partial charge in [0.05, 0.1) is 7.11 Å². The normalized spacial score (nSPS) is 10.7. The fourth-order valence-corrected chi connectivity index (χ4v) is 2.23. The average Bonchev–Trinajstić information content (AvgIpc) is 2.50. The van der Waals surface area contributed by atoms with Crippen LogP contribution in [0.15, 0.2) is 12.4 Å². The van der Waals surface area contributed by atoms with E-state index >= 15 is 0 Å². The fraction of sp³-hybridized carbons (Fsp3) is 0.467. The first kappa shape index (κ1) is 15.3. The number of methoxy groups -OCH3 is 1. The molecule has 0 unspecified atom stereocenters. The van der Waals surface area contributed by atoms with E-state index in [-0.39, 0.29) is 0 Å². The highest BCUT2D eigenvalue weighted by molar-refractivity contribution is 5.51. The predicted molar refractivity (Wildman–Crippen MR) is 81.3 cm³/mol. The molecule has 0 aliphatic rings. The van der Waals surface area contributed by atoms with Crippen LogP contribution in [0.3, 0.4) is 0 Å². The van der Waals surface area contributed by atoms with Crippen LogP contribution in [0.25, 0.3) is 11.5 Å². The summed E-state index contributed by atoms with van der Waals surface area (Å²) in [4.78, 5) is 17.4. The molecule has 0 radical (unpaired) electrons. The van der Waals surface area contributed by atoms with Crippen molar-refractivity contribution in [2.24, 2.45) is 0 Å². The summed E-state index contributed by atoms with van der Waals surface area (Å²) in [6.07, 6.45) is 3.51. The maximum absolute atomic E-state index is 5.11. The Morgan fingerprint density at radius 2 is 1.86 bits per heavy atom. The molecule has 0 saturated heterocycles. The standard InChI is InChI=1S/C15H21N5O/c1-10-12(6-5-7-16-3)11(2)20-15(19-10)13-8-14(21-4)18-9-17-13/h8-9,16H,5-7H2,1-4H3. The fourth-order valence-electron chi connectivity index (χ4n) is 2.23. The second-order valence-corrected chi connectivity index (χ2v) is 4.85. The van der Waals surface area contributed by atoms with Gasteiger partial charge in [-0.05, 0) is 45.8 Å². The zero-order chi connectivity index (χ0) is 15.2. The monoisotopic (exact) mass is 287 g/mol. The lowest BCUT2D eigenvalue weighted by molar-refractivity contribution is 0.397. The molecule has 0 saturated carbocycles. The Morgan fingerprint density at radius 1 is 1.14 bits per heavy atom. The highest BCUT2D eigenvalue weighted by Crippen LogP contribution is 2.20. The summed E-state index contributed by atoms with van der Waals surface area (Å²) in [5.74, 6) is 1.13. The van der Waals surface area contributed by atoms with Gasteiger partial charge in [0.2, 0.25) is 5.88 Å². The highest BCUT2D eigenvalue weighted by Gasteiger charge is 2.11. The topological polar surface area (TPSA) is 72.8 Å². The zero-order valence-corrected chi connectivity index (χ0v) is 13.0. The number of aryl methyl sites for hydroxylation is 2. The molecule has 0 aromatic carbocycles. The molecule has 2 heterocycles. The van der Waals surface area contributed by atoms with Gasteiger partial charge < -0.3 is 10.1 Å². The second kappa shape index (κ2) is 7.08. The Balaban J connectivity index is 2.30. The van der Waals surface area contributed by atoms with E-state index in [1.54, 1.807) is 13.2 Å². The van der Waals surface area contributed by atoms with E-state index in [2.05, 4.69) is 25.3 Å². The number of nitrogens with one attached hydrogen (secondary N) is 1. The summed E-state index contributed by atoms with van der Waals surface area (Å²) in [5.41, 5.74) is 3.90. The number of hydrogen-bond donors (Lipinski definition) is 1. The Bertz CT molecular complexity index is 592. The van der Waals surface area contributed by atoms with Crippen molar-refractivity contribution in [3.05, 3.63) is 29.3 Å². The number of hydrogen-bond acceptors (Lipinski definition) is 6. The maximum atomic E-state index is 5.11. The molecular weight excluding hydrogens is 266 g/mol. The van der Waals surface area contributed by atoms with Crippen LogP contribution in [0.2, 0.25) is 0 Å². The molecule has 6 heteroatoms. The Hall–Kier alpha value is -2.08. The smallest absolute Gasteiger partial charge is 0.216 e. The lowest BCUT2D eigenvalue weighted by atomic mass is 10.1. The van der Waals surface area contributed by atoms with Crippen LogP contribution in [0.4, 0.5) is 0 Å². The van der Waals surface area contributed by atoms with Crippen molar-refractivity contribution in [1.82, 2.24) is 25.3 Å². The van der Waals surface area contributed by atoms with E-state index in [0.717, 1.165) is 30.8 Å². The minimum Gasteiger partial charge on any atom is -0.481 e. The van der Waals surface area contributed by atoms with E-state index in [1.807, 2.05) is 20.9 Å². The average molecular weight is 287 g/mol. The van der Waals surface area contributed by atoms with Crippen molar-refractivity contribution < 1.29 is 4.74 Å². The van der Waals surface area contributed by atoms with E-state index in [1.165, 1.54) is 11.9 Å². The van der Waals surface area contributed by atoms with Crippen LogP contribution in [-0.4, -0.2) is 40.6 Å². The van der Waals surface area contributed by atoms with Crippen LogP contribution in [0, 0.1) is 13.8 Å². The van der Waals surface area contributed by atoms with Crippen molar-refractivity contribution in [3.8, 4) is 17.4 Å². The third-order valence-corrected chi connectivity index (χ3v) is 3.35. The second-order valence-electron chi connectivity index (χ2n) is 4.85. The Morgan fingerprint density at radius 3 is 2.48 bits per heavy atom. The quantitative estimate of drug-likeness (QED) is 0.815. The van der Waals surface area contributed by atoms with E-state index in [0.29, 0.717) is 17.4 Å². The first-order chi connectivity index (χ1) is 10.2. The first-order valence-corrected chi connectivity index (χ1v) is 7.00. The van der Waals surface area contributed by atoms with E-state index in [9.17, 15) is 0 Å². The van der Waals surface area contributed by atoms with Gasteiger partial charge in [-0.25, -0.2) is 19.9 Å². The lowest BCUT2D eigenvalue weighted by Gasteiger charge is -2.10. The SMILES string of the molecule is CNCCCc1c(C)nc(-c2cc(OC)ncn2)nc1C. The van der Waals surface area contributed by atoms with Gasteiger partial charge in [-0.15, -0.1) is 0 Å². The number of ether oxygens (including phenoxy) is 1. The summed E-state index contributed by atoms with van der Waals surface area (Å²) in [6, 6.07) is 1.74. The van der Waals surface area contributed by atoms with Gasteiger partial charge in [-0.2, -0.15) is 0 Å². The highest BCUT2D eigenvalue weighted by atomic mass is 16.5. The van der Waals surface area contributed by atoms with Gasteiger partial charge in [-0.1, -0.05) is 0 Å². The Labute approximate surface area is 125 Å². The molecule has 21 heavy (non-hydrogen) atoms. The molecule has 0 spiro atoms. The van der Waals surface area contributed by atoms with Crippen molar-refractivity contribution >= 4 is 0 Å². The van der Waals surface area contributed by atoms with Crippen molar-refractivity contribution in [1.29, 1.82) is 0 Å². The molecular formula is C15H21N5O. The molecule has 0 fully saturated rings. The third kappa shape index (κ3) is 3.72. The van der Waals surface area contributed by atoms with Gasteiger partial charge in [0.25, 0.3) is 0 Å². The molecule has 2 aromatic heterocycles. The van der Waals surface area contributed by atoms with Crippen molar-refractivity contribution in [2.75, 3.05) is 20.7 Å². The predicted octanol–water partition coefficient (Wildman–Crippen LogP) is 1.71. The van der Waals surface area contributed by atoms with Crippen LogP contribution < -0.4 is 10.1 Å². The molecule has 1 N–H and O–H groups in total. The minimum absolute atomic E-state index is 0.511. The lowest BCUT2D eigenvalue weighted by Crippen LogP contribution is -2.10. The molecule has 2 rings (SSSR count). The molecule has 0 aliphatic heterocycles. The van der Waals surface area contributed by atoms with Gasteiger partial charge in [0.15, 0.2) is 5.82 Å².